The van der Waals surface area contributed by atoms with Crippen molar-refractivity contribution in [1.82, 2.24) is 0 Å². The molecule has 0 atom stereocenters. The Kier molecular flexibility index (Phi) is 12.9. The van der Waals surface area contributed by atoms with Gasteiger partial charge in [0.25, 0.3) is 0 Å². The summed E-state index contributed by atoms with van der Waals surface area (Å²) in [4.78, 5) is 2.20. The van der Waals surface area contributed by atoms with E-state index in [2.05, 4.69) is 84.3 Å². The highest BCUT2D eigenvalue weighted by Gasteiger charge is 2.08. The van der Waals surface area contributed by atoms with E-state index >= 15 is 0 Å². The number of rotatable bonds is 17. The number of aromatic nitrogens is 1. The minimum atomic E-state index is -4.17. The SMILES string of the molecule is CCCCCCN(CCCS(=O)(=O)[O-])c1ccc(C=Cc2cc[n+](CCCCCC)cc2)cc1. The highest BCUT2D eigenvalue weighted by Crippen LogP contribution is 2.19. The molecule has 0 aliphatic heterocycles. The van der Waals surface area contributed by atoms with Gasteiger partial charge < -0.3 is 9.45 Å². The molecule has 0 unspecified atom stereocenters. The first kappa shape index (κ1) is 28.1. The van der Waals surface area contributed by atoms with Gasteiger partial charge in [0, 0.05) is 43.1 Å². The van der Waals surface area contributed by atoms with Crippen LogP contribution in [0.3, 0.4) is 0 Å². The maximum absolute atomic E-state index is 11.0. The van der Waals surface area contributed by atoms with Gasteiger partial charge in [0.05, 0.1) is 10.1 Å². The molecule has 0 spiro atoms. The van der Waals surface area contributed by atoms with Gasteiger partial charge in [-0.2, -0.15) is 0 Å². The zero-order valence-electron chi connectivity index (χ0n) is 21.0. The maximum Gasteiger partial charge on any atom is 0.169 e. The predicted octanol–water partition coefficient (Wildman–Crippen LogP) is 6.05. The van der Waals surface area contributed by atoms with Crippen LogP contribution < -0.4 is 9.47 Å². The van der Waals surface area contributed by atoms with E-state index in [1.807, 2.05) is 0 Å². The number of aryl methyl sites for hydroxylation is 1. The fourth-order valence-electron chi connectivity index (χ4n) is 3.97. The van der Waals surface area contributed by atoms with Crippen LogP contribution in [0.2, 0.25) is 0 Å². The van der Waals surface area contributed by atoms with Crippen LogP contribution in [0.15, 0.2) is 48.8 Å². The molecule has 0 bridgehead atoms. The van der Waals surface area contributed by atoms with Crippen LogP contribution in [0.25, 0.3) is 12.2 Å². The van der Waals surface area contributed by atoms with Gasteiger partial charge in [-0.1, -0.05) is 70.2 Å². The minimum absolute atomic E-state index is 0.310. The first-order chi connectivity index (χ1) is 16.4. The quantitative estimate of drug-likeness (QED) is 0.155. The van der Waals surface area contributed by atoms with Crippen LogP contribution >= 0.6 is 0 Å². The van der Waals surface area contributed by atoms with Crippen LogP contribution in [-0.4, -0.2) is 31.8 Å². The van der Waals surface area contributed by atoms with E-state index in [0.29, 0.717) is 13.0 Å². The van der Waals surface area contributed by atoms with E-state index in [9.17, 15) is 13.0 Å². The van der Waals surface area contributed by atoms with Crippen molar-refractivity contribution in [3.05, 3.63) is 59.9 Å². The van der Waals surface area contributed by atoms with E-state index in [1.54, 1.807) is 0 Å². The molecular formula is C28H42N2O3S. The summed E-state index contributed by atoms with van der Waals surface area (Å²) in [5, 5.41) is 0. The third-order valence-electron chi connectivity index (χ3n) is 6.02. The number of unbranched alkanes of at least 4 members (excludes halogenated alkanes) is 6. The molecule has 0 radical (unpaired) electrons. The Hall–Kier alpha value is -2.18. The molecule has 1 heterocycles. The Morgan fingerprint density at radius 3 is 1.91 bits per heavy atom. The number of nitrogens with zero attached hydrogens (tertiary/aromatic N) is 2. The van der Waals surface area contributed by atoms with Crippen molar-refractivity contribution >= 4 is 28.0 Å². The van der Waals surface area contributed by atoms with E-state index < -0.39 is 10.1 Å². The molecule has 0 N–H and O–H groups in total. The molecule has 34 heavy (non-hydrogen) atoms. The van der Waals surface area contributed by atoms with Crippen molar-refractivity contribution < 1.29 is 17.5 Å². The Balaban J connectivity index is 1.94. The van der Waals surface area contributed by atoms with Crippen molar-refractivity contribution in [2.24, 2.45) is 0 Å². The second-order valence-corrected chi connectivity index (χ2v) is 10.5. The van der Waals surface area contributed by atoms with E-state index in [1.165, 1.54) is 44.1 Å². The van der Waals surface area contributed by atoms with Crippen LogP contribution in [0, 0.1) is 0 Å². The van der Waals surface area contributed by atoms with Crippen LogP contribution in [0.1, 0.15) is 82.8 Å². The van der Waals surface area contributed by atoms with Crippen molar-refractivity contribution in [3.63, 3.8) is 0 Å². The maximum atomic E-state index is 11.0. The fourth-order valence-corrected chi connectivity index (χ4v) is 4.45. The zero-order valence-corrected chi connectivity index (χ0v) is 21.8. The van der Waals surface area contributed by atoms with Gasteiger partial charge in [-0.25, -0.2) is 13.0 Å². The summed E-state index contributed by atoms with van der Waals surface area (Å²) in [6.45, 7) is 6.94. The zero-order chi connectivity index (χ0) is 24.7. The smallest absolute Gasteiger partial charge is 0.169 e. The molecule has 0 amide bonds. The van der Waals surface area contributed by atoms with Gasteiger partial charge in [-0.15, -0.1) is 0 Å². The second-order valence-electron chi connectivity index (χ2n) is 9.02. The molecule has 1 aromatic carbocycles. The number of anilines is 1. The third-order valence-corrected chi connectivity index (χ3v) is 6.81. The average molecular weight is 487 g/mol. The number of pyridine rings is 1. The lowest BCUT2D eigenvalue weighted by atomic mass is 10.1. The Morgan fingerprint density at radius 2 is 1.32 bits per heavy atom. The van der Waals surface area contributed by atoms with Gasteiger partial charge >= 0.3 is 0 Å². The van der Waals surface area contributed by atoms with Gasteiger partial charge in [0.15, 0.2) is 12.4 Å². The highest BCUT2D eigenvalue weighted by molar-refractivity contribution is 7.85. The fraction of sp³-hybridized carbons (Fsp3) is 0.536. The summed E-state index contributed by atoms with van der Waals surface area (Å²) in [6, 6.07) is 12.6. The molecule has 2 aromatic rings. The molecule has 6 heteroatoms. The Bertz CT molecular complexity index is 939. The second kappa shape index (κ2) is 15.7. The lowest BCUT2D eigenvalue weighted by molar-refractivity contribution is -0.697. The molecule has 2 rings (SSSR count). The first-order valence-corrected chi connectivity index (χ1v) is 14.4. The van der Waals surface area contributed by atoms with E-state index in [0.717, 1.165) is 37.2 Å². The summed E-state index contributed by atoms with van der Waals surface area (Å²) < 4.78 is 35.2. The van der Waals surface area contributed by atoms with Crippen molar-refractivity contribution in [2.45, 2.75) is 78.2 Å². The minimum Gasteiger partial charge on any atom is -0.748 e. The number of benzene rings is 1. The lowest BCUT2D eigenvalue weighted by Crippen LogP contribution is -2.32. The van der Waals surface area contributed by atoms with Gasteiger partial charge in [-0.3, -0.25) is 0 Å². The first-order valence-electron chi connectivity index (χ1n) is 12.9. The highest BCUT2D eigenvalue weighted by atomic mass is 32.2. The van der Waals surface area contributed by atoms with Crippen molar-refractivity contribution in [3.8, 4) is 0 Å². The topological polar surface area (TPSA) is 64.3 Å². The molecule has 0 saturated carbocycles. The van der Waals surface area contributed by atoms with Crippen molar-refractivity contribution in [2.75, 3.05) is 23.7 Å². The summed E-state index contributed by atoms with van der Waals surface area (Å²) in [5.41, 5.74) is 3.36. The number of hydrogen-bond donors (Lipinski definition) is 0. The van der Waals surface area contributed by atoms with Gasteiger partial charge in [0.2, 0.25) is 0 Å². The molecule has 5 nitrogen and oxygen atoms in total. The Morgan fingerprint density at radius 1 is 0.765 bits per heavy atom. The summed E-state index contributed by atoms with van der Waals surface area (Å²) >= 11 is 0. The predicted molar refractivity (Wildman–Crippen MR) is 142 cm³/mol. The summed E-state index contributed by atoms with van der Waals surface area (Å²) in [6.07, 6.45) is 18.6. The summed E-state index contributed by atoms with van der Waals surface area (Å²) in [7, 11) is -4.17. The lowest BCUT2D eigenvalue weighted by Gasteiger charge is -2.25. The normalized spacial score (nSPS) is 11.9. The van der Waals surface area contributed by atoms with Crippen LogP contribution in [0.4, 0.5) is 5.69 Å². The van der Waals surface area contributed by atoms with E-state index in [4.69, 9.17) is 0 Å². The van der Waals surface area contributed by atoms with Crippen LogP contribution in [0.5, 0.6) is 0 Å². The molecule has 0 fully saturated rings. The molecule has 0 aliphatic carbocycles. The average Bonchev–Trinajstić information content (AvgIpc) is 2.82. The largest absolute Gasteiger partial charge is 0.748 e. The number of hydrogen-bond acceptors (Lipinski definition) is 4. The molecule has 0 saturated heterocycles. The standard InChI is InChI=1S/C28H42N2O3S/c1-3-5-7-9-20-29-23-18-27(19-24-29)13-12-26-14-16-28(17-15-26)30(21-10-8-6-4-2)22-11-25-34(31,32)33/h12-19,23-24H,3-11,20-22,25H2,1-2H3. The summed E-state index contributed by atoms with van der Waals surface area (Å²) in [5.74, 6) is -0.310. The van der Waals surface area contributed by atoms with Gasteiger partial charge in [0.1, 0.15) is 6.54 Å². The molecule has 1 aromatic heterocycles. The van der Waals surface area contributed by atoms with Crippen LogP contribution in [-0.2, 0) is 16.7 Å². The van der Waals surface area contributed by atoms with Gasteiger partial charge in [-0.05, 0) is 42.5 Å². The van der Waals surface area contributed by atoms with Crippen molar-refractivity contribution in [1.29, 1.82) is 0 Å². The molecule has 188 valence electrons. The van der Waals surface area contributed by atoms with E-state index in [-0.39, 0.29) is 5.75 Å². The molecule has 0 aliphatic rings. The third kappa shape index (κ3) is 11.8. The monoisotopic (exact) mass is 486 g/mol. The Labute approximate surface area is 207 Å². The molecular weight excluding hydrogens is 444 g/mol.